The van der Waals surface area contributed by atoms with Crippen molar-refractivity contribution in [2.24, 2.45) is 5.92 Å². The highest BCUT2D eigenvalue weighted by Crippen LogP contribution is 2.23. The van der Waals surface area contributed by atoms with Gasteiger partial charge in [-0.2, -0.15) is 0 Å². The van der Waals surface area contributed by atoms with Crippen molar-refractivity contribution in [3.63, 3.8) is 0 Å². The average molecular weight is 311 g/mol. The van der Waals surface area contributed by atoms with Gasteiger partial charge in [-0.25, -0.2) is 4.98 Å². The Hall–Kier alpha value is -2.10. The maximum absolute atomic E-state index is 12.1. The summed E-state index contributed by atoms with van der Waals surface area (Å²) >= 11 is 0. The summed E-state index contributed by atoms with van der Waals surface area (Å²) in [6.45, 7) is 1.61. The van der Waals surface area contributed by atoms with Crippen molar-refractivity contribution >= 4 is 5.91 Å². The quantitative estimate of drug-likeness (QED) is 0.828. The number of benzene rings is 1. The first-order valence-electron chi connectivity index (χ1n) is 8.69. The standard InChI is InChI=1S/C19H25N3O/c23-19(17-10-5-2-6-11-17)21-12-7-14-22-15-13-20-18(22)16-8-3-1-4-9-16/h1,3-4,8-9,13,15,17H,2,5-7,10-12,14H2,(H,21,23). The Morgan fingerprint density at radius 3 is 2.74 bits per heavy atom. The van der Waals surface area contributed by atoms with E-state index >= 15 is 0 Å². The van der Waals surface area contributed by atoms with E-state index in [0.29, 0.717) is 0 Å². The predicted molar refractivity (Wildman–Crippen MR) is 91.9 cm³/mol. The fourth-order valence-electron chi connectivity index (χ4n) is 3.31. The van der Waals surface area contributed by atoms with Crippen LogP contribution in [0.5, 0.6) is 0 Å². The first-order chi connectivity index (χ1) is 11.3. The molecule has 1 saturated carbocycles. The summed E-state index contributed by atoms with van der Waals surface area (Å²) in [6, 6.07) is 10.2. The van der Waals surface area contributed by atoms with Crippen molar-refractivity contribution < 1.29 is 4.79 Å². The van der Waals surface area contributed by atoms with Gasteiger partial charge in [0.1, 0.15) is 5.82 Å². The Morgan fingerprint density at radius 1 is 1.17 bits per heavy atom. The zero-order valence-electron chi connectivity index (χ0n) is 13.6. The van der Waals surface area contributed by atoms with Crippen LogP contribution in [0.15, 0.2) is 42.7 Å². The van der Waals surface area contributed by atoms with Gasteiger partial charge in [0.05, 0.1) is 0 Å². The first-order valence-corrected chi connectivity index (χ1v) is 8.69. The van der Waals surface area contributed by atoms with Crippen LogP contribution >= 0.6 is 0 Å². The van der Waals surface area contributed by atoms with Crippen LogP contribution in [-0.4, -0.2) is 22.0 Å². The van der Waals surface area contributed by atoms with Crippen LogP contribution < -0.4 is 5.32 Å². The highest BCUT2D eigenvalue weighted by atomic mass is 16.1. The molecule has 4 heteroatoms. The van der Waals surface area contributed by atoms with E-state index in [1.54, 1.807) is 0 Å². The molecule has 0 bridgehead atoms. The topological polar surface area (TPSA) is 46.9 Å². The van der Waals surface area contributed by atoms with Crippen molar-refractivity contribution in [3.05, 3.63) is 42.7 Å². The predicted octanol–water partition coefficient (Wildman–Crippen LogP) is 3.64. The van der Waals surface area contributed by atoms with E-state index in [2.05, 4.69) is 27.0 Å². The third-order valence-corrected chi connectivity index (χ3v) is 4.60. The fraction of sp³-hybridized carbons (Fsp3) is 0.474. The molecule has 1 heterocycles. The van der Waals surface area contributed by atoms with E-state index in [1.165, 1.54) is 19.3 Å². The van der Waals surface area contributed by atoms with Crippen LogP contribution in [0.1, 0.15) is 38.5 Å². The van der Waals surface area contributed by atoms with Crippen LogP contribution in [0.4, 0.5) is 0 Å². The summed E-state index contributed by atoms with van der Waals surface area (Å²) in [5, 5.41) is 3.10. The summed E-state index contributed by atoms with van der Waals surface area (Å²) < 4.78 is 2.15. The second kappa shape index (κ2) is 7.95. The number of aryl methyl sites for hydroxylation is 1. The average Bonchev–Trinajstić information content (AvgIpc) is 3.08. The normalized spacial score (nSPS) is 15.5. The van der Waals surface area contributed by atoms with Gasteiger partial charge >= 0.3 is 0 Å². The SMILES string of the molecule is O=C(NCCCn1ccnc1-c1ccccc1)C1CCCCC1. The van der Waals surface area contributed by atoms with Crippen molar-refractivity contribution in [1.82, 2.24) is 14.9 Å². The lowest BCUT2D eigenvalue weighted by atomic mass is 9.89. The lowest BCUT2D eigenvalue weighted by molar-refractivity contribution is -0.125. The monoisotopic (exact) mass is 311 g/mol. The molecule has 1 N–H and O–H groups in total. The molecule has 0 radical (unpaired) electrons. The van der Waals surface area contributed by atoms with Crippen LogP contribution in [-0.2, 0) is 11.3 Å². The van der Waals surface area contributed by atoms with E-state index in [9.17, 15) is 4.79 Å². The molecule has 4 nitrogen and oxygen atoms in total. The molecular formula is C19H25N3O. The molecule has 1 aromatic carbocycles. The number of carbonyl (C=O) groups is 1. The molecule has 0 saturated heterocycles. The Balaban J connectivity index is 1.46. The molecule has 0 unspecified atom stereocenters. The second-order valence-corrected chi connectivity index (χ2v) is 6.29. The Morgan fingerprint density at radius 2 is 1.96 bits per heavy atom. The van der Waals surface area contributed by atoms with E-state index in [1.807, 2.05) is 30.6 Å². The Bertz CT molecular complexity index is 615. The number of aromatic nitrogens is 2. The number of carbonyl (C=O) groups excluding carboxylic acids is 1. The maximum atomic E-state index is 12.1. The molecule has 1 aliphatic rings. The second-order valence-electron chi connectivity index (χ2n) is 6.29. The lowest BCUT2D eigenvalue weighted by Gasteiger charge is -2.20. The number of hydrogen-bond acceptors (Lipinski definition) is 2. The minimum Gasteiger partial charge on any atom is -0.356 e. The number of imidazole rings is 1. The van der Waals surface area contributed by atoms with Gasteiger partial charge in [-0.1, -0.05) is 49.6 Å². The van der Waals surface area contributed by atoms with Crippen LogP contribution in [0.3, 0.4) is 0 Å². The number of hydrogen-bond donors (Lipinski definition) is 1. The molecule has 23 heavy (non-hydrogen) atoms. The molecular weight excluding hydrogens is 286 g/mol. The largest absolute Gasteiger partial charge is 0.356 e. The Kier molecular flexibility index (Phi) is 5.46. The number of amides is 1. The van der Waals surface area contributed by atoms with E-state index < -0.39 is 0 Å². The van der Waals surface area contributed by atoms with Gasteiger partial charge in [-0.3, -0.25) is 4.79 Å². The summed E-state index contributed by atoms with van der Waals surface area (Å²) in [5.74, 6) is 1.49. The van der Waals surface area contributed by atoms with Gasteiger partial charge < -0.3 is 9.88 Å². The fourth-order valence-corrected chi connectivity index (χ4v) is 3.31. The van der Waals surface area contributed by atoms with Crippen molar-refractivity contribution in [2.45, 2.75) is 45.1 Å². The first kappa shape index (κ1) is 15.8. The third-order valence-electron chi connectivity index (χ3n) is 4.60. The minimum absolute atomic E-state index is 0.247. The summed E-state index contributed by atoms with van der Waals surface area (Å²) in [6.07, 6.45) is 10.6. The smallest absolute Gasteiger partial charge is 0.223 e. The molecule has 1 aliphatic carbocycles. The molecule has 2 aromatic rings. The summed E-state index contributed by atoms with van der Waals surface area (Å²) in [5.41, 5.74) is 1.13. The zero-order valence-corrected chi connectivity index (χ0v) is 13.6. The molecule has 122 valence electrons. The summed E-state index contributed by atoms with van der Waals surface area (Å²) in [7, 11) is 0. The summed E-state index contributed by atoms with van der Waals surface area (Å²) in [4.78, 5) is 16.6. The molecule has 0 aliphatic heterocycles. The maximum Gasteiger partial charge on any atom is 0.223 e. The lowest BCUT2D eigenvalue weighted by Crippen LogP contribution is -2.32. The van der Waals surface area contributed by atoms with Gasteiger partial charge in [0.25, 0.3) is 0 Å². The minimum atomic E-state index is 0.247. The van der Waals surface area contributed by atoms with Gasteiger partial charge in [0, 0.05) is 37.0 Å². The molecule has 0 spiro atoms. The van der Waals surface area contributed by atoms with Crippen LogP contribution in [0.25, 0.3) is 11.4 Å². The van der Waals surface area contributed by atoms with Gasteiger partial charge in [0.15, 0.2) is 0 Å². The molecule has 1 aromatic heterocycles. The number of nitrogens with one attached hydrogen (secondary N) is 1. The third kappa shape index (κ3) is 4.21. The molecule has 1 fully saturated rings. The zero-order chi connectivity index (χ0) is 15.9. The van der Waals surface area contributed by atoms with Crippen molar-refractivity contribution in [1.29, 1.82) is 0 Å². The van der Waals surface area contributed by atoms with Gasteiger partial charge in [-0.15, -0.1) is 0 Å². The molecule has 0 atom stereocenters. The van der Waals surface area contributed by atoms with Crippen molar-refractivity contribution in [2.75, 3.05) is 6.54 Å². The van der Waals surface area contributed by atoms with Gasteiger partial charge in [-0.05, 0) is 19.3 Å². The van der Waals surface area contributed by atoms with E-state index in [4.69, 9.17) is 0 Å². The Labute approximate surface area is 137 Å². The number of nitrogens with zero attached hydrogens (tertiary/aromatic N) is 2. The van der Waals surface area contributed by atoms with E-state index in [-0.39, 0.29) is 11.8 Å². The van der Waals surface area contributed by atoms with Crippen LogP contribution in [0.2, 0.25) is 0 Å². The number of rotatable bonds is 6. The highest BCUT2D eigenvalue weighted by molar-refractivity contribution is 5.78. The molecule has 3 rings (SSSR count). The van der Waals surface area contributed by atoms with Crippen LogP contribution in [0, 0.1) is 5.92 Å². The highest BCUT2D eigenvalue weighted by Gasteiger charge is 2.20. The van der Waals surface area contributed by atoms with E-state index in [0.717, 1.165) is 43.7 Å². The molecule has 1 amide bonds. The van der Waals surface area contributed by atoms with Crippen molar-refractivity contribution in [3.8, 4) is 11.4 Å². The van der Waals surface area contributed by atoms with Gasteiger partial charge in [0.2, 0.25) is 5.91 Å².